The van der Waals surface area contributed by atoms with Crippen LogP contribution < -0.4 is 10.6 Å². The number of carbonyl (C=O) groups is 3. The van der Waals surface area contributed by atoms with Crippen molar-refractivity contribution in [1.29, 1.82) is 0 Å². The second-order valence-electron chi connectivity index (χ2n) is 8.83. The van der Waals surface area contributed by atoms with Gasteiger partial charge in [-0.25, -0.2) is 14.4 Å². The Hall–Kier alpha value is -1.90. The van der Waals surface area contributed by atoms with Crippen molar-refractivity contribution in [2.45, 2.75) is 85.1 Å². The third kappa shape index (κ3) is 11.1. The van der Waals surface area contributed by atoms with E-state index in [9.17, 15) is 14.4 Å². The summed E-state index contributed by atoms with van der Waals surface area (Å²) in [5.74, 6) is -1.12. The van der Waals surface area contributed by atoms with Gasteiger partial charge in [0, 0.05) is 0 Å². The molecule has 0 spiro atoms. The van der Waals surface area contributed by atoms with Crippen LogP contribution in [0.1, 0.15) is 61.8 Å². The molecule has 9 heteroatoms. The summed E-state index contributed by atoms with van der Waals surface area (Å²) in [6.45, 7) is 14.2. The van der Waals surface area contributed by atoms with Gasteiger partial charge in [-0.3, -0.25) is 0 Å². The third-order valence-corrected chi connectivity index (χ3v) is 3.43. The highest BCUT2D eigenvalue weighted by atomic mass is 32.1. The molecule has 2 N–H and O–H groups in total. The third-order valence-electron chi connectivity index (χ3n) is 3.08. The van der Waals surface area contributed by atoms with E-state index in [1.807, 2.05) is 13.8 Å². The summed E-state index contributed by atoms with van der Waals surface area (Å²) in [6.07, 6.45) is -0.403. The molecule has 0 aromatic heterocycles. The van der Waals surface area contributed by atoms with Crippen LogP contribution in [0.15, 0.2) is 0 Å². The molecule has 0 saturated carbocycles. The Morgan fingerprint density at radius 3 is 1.79 bits per heavy atom. The highest BCUT2D eigenvalue weighted by Crippen LogP contribution is 2.14. The molecule has 1 amide bonds. The smallest absolute Gasteiger partial charge is 0.408 e. The minimum Gasteiger partial charge on any atom is -0.467 e. The van der Waals surface area contributed by atoms with Crippen molar-refractivity contribution in [2.24, 2.45) is 5.92 Å². The Bertz CT molecular complexity index is 578. The molecule has 0 heterocycles. The second-order valence-corrected chi connectivity index (χ2v) is 9.27. The molecule has 0 aliphatic rings. The van der Waals surface area contributed by atoms with E-state index < -0.39 is 41.3 Å². The zero-order valence-electron chi connectivity index (χ0n) is 18.3. The first-order chi connectivity index (χ1) is 12.6. The second kappa shape index (κ2) is 10.6. The van der Waals surface area contributed by atoms with Crippen LogP contribution in [0.5, 0.6) is 0 Å². The average molecular weight is 419 g/mol. The zero-order chi connectivity index (χ0) is 22.3. The molecule has 162 valence electrons. The molecule has 0 unspecified atom stereocenters. The highest BCUT2D eigenvalue weighted by molar-refractivity contribution is 7.80. The van der Waals surface area contributed by atoms with Gasteiger partial charge in [0.25, 0.3) is 0 Å². The molecule has 0 bridgehead atoms. The van der Waals surface area contributed by atoms with Gasteiger partial charge in [0.2, 0.25) is 0 Å². The number of amides is 1. The lowest BCUT2D eigenvalue weighted by Crippen LogP contribution is -2.55. The van der Waals surface area contributed by atoms with Crippen LogP contribution in [0, 0.1) is 5.92 Å². The molecule has 0 radical (unpaired) electrons. The molecular formula is C19H34N2O6S. The summed E-state index contributed by atoms with van der Waals surface area (Å²) in [5.41, 5.74) is -1.43. The number of carbonyl (C=O) groups excluding carboxylic acids is 3. The Morgan fingerprint density at radius 1 is 0.893 bits per heavy atom. The standard InChI is InChI=1S/C19H34N2O6S/c1-11(2)10-12(15(22)26-18(3,4)5)20-14(28)13(16(23)25-9)21-17(24)27-19(6,7)8/h11-13H,10H2,1-9H3,(H,20,28)(H,21,24)/t12-,13-/m0/s1. The number of esters is 2. The fourth-order valence-corrected chi connectivity index (χ4v) is 2.39. The van der Waals surface area contributed by atoms with Crippen molar-refractivity contribution in [3.05, 3.63) is 0 Å². The number of ether oxygens (including phenoxy) is 3. The van der Waals surface area contributed by atoms with Gasteiger partial charge >= 0.3 is 18.0 Å². The first kappa shape index (κ1) is 26.1. The summed E-state index contributed by atoms with van der Waals surface area (Å²) in [4.78, 5) is 36.6. The van der Waals surface area contributed by atoms with Crippen molar-refractivity contribution < 1.29 is 28.6 Å². The van der Waals surface area contributed by atoms with Crippen LogP contribution in [-0.4, -0.2) is 53.4 Å². The molecule has 8 nitrogen and oxygen atoms in total. The van der Waals surface area contributed by atoms with E-state index >= 15 is 0 Å². The molecule has 0 fully saturated rings. The predicted molar refractivity (Wildman–Crippen MR) is 110 cm³/mol. The van der Waals surface area contributed by atoms with E-state index in [0.717, 1.165) is 0 Å². The van der Waals surface area contributed by atoms with E-state index in [1.54, 1.807) is 41.5 Å². The molecular weight excluding hydrogens is 384 g/mol. The lowest BCUT2D eigenvalue weighted by atomic mass is 10.0. The topological polar surface area (TPSA) is 103 Å². The molecule has 0 aromatic carbocycles. The lowest BCUT2D eigenvalue weighted by Gasteiger charge is -2.28. The number of alkyl carbamates (subject to hydrolysis) is 1. The van der Waals surface area contributed by atoms with Crippen molar-refractivity contribution >= 4 is 35.2 Å². The van der Waals surface area contributed by atoms with Crippen LogP contribution >= 0.6 is 12.2 Å². The van der Waals surface area contributed by atoms with Gasteiger partial charge in [-0.2, -0.15) is 0 Å². The van der Waals surface area contributed by atoms with Gasteiger partial charge in [-0.1, -0.05) is 26.1 Å². The first-order valence-electron chi connectivity index (χ1n) is 9.16. The molecule has 28 heavy (non-hydrogen) atoms. The van der Waals surface area contributed by atoms with E-state index in [-0.39, 0.29) is 10.9 Å². The van der Waals surface area contributed by atoms with Crippen molar-refractivity contribution in [1.82, 2.24) is 10.6 Å². The van der Waals surface area contributed by atoms with Crippen molar-refractivity contribution in [3.63, 3.8) is 0 Å². The Balaban J connectivity index is 5.38. The van der Waals surface area contributed by atoms with Crippen molar-refractivity contribution in [3.8, 4) is 0 Å². The fourth-order valence-electron chi connectivity index (χ4n) is 2.09. The quantitative estimate of drug-likeness (QED) is 0.370. The maximum Gasteiger partial charge on any atom is 0.408 e. The summed E-state index contributed by atoms with van der Waals surface area (Å²) < 4.78 is 15.3. The number of rotatable bonds is 7. The van der Waals surface area contributed by atoms with E-state index in [1.165, 1.54) is 7.11 Å². The average Bonchev–Trinajstić information content (AvgIpc) is 2.47. The number of methoxy groups -OCH3 is 1. The summed E-state index contributed by atoms with van der Waals surface area (Å²) in [6, 6.07) is -2.08. The summed E-state index contributed by atoms with van der Waals surface area (Å²) >= 11 is 5.28. The van der Waals surface area contributed by atoms with Gasteiger partial charge in [-0.05, 0) is 53.9 Å². The van der Waals surface area contributed by atoms with Crippen LogP contribution in [-0.2, 0) is 23.8 Å². The van der Waals surface area contributed by atoms with Gasteiger partial charge in [-0.15, -0.1) is 0 Å². The van der Waals surface area contributed by atoms with Crippen LogP contribution in [0.4, 0.5) is 4.79 Å². The SMILES string of the molecule is COC(=O)[C@@H](NC(=O)OC(C)(C)C)C(=S)N[C@@H](CC(C)C)C(=O)OC(C)(C)C. The normalized spacial score (nSPS) is 13.9. The minimum absolute atomic E-state index is 0.0609. The van der Waals surface area contributed by atoms with E-state index in [2.05, 4.69) is 10.6 Å². The molecule has 0 aromatic rings. The van der Waals surface area contributed by atoms with E-state index in [0.29, 0.717) is 6.42 Å². The van der Waals surface area contributed by atoms with Gasteiger partial charge in [0.1, 0.15) is 22.2 Å². The fraction of sp³-hybridized carbons (Fsp3) is 0.789. The lowest BCUT2D eigenvalue weighted by molar-refractivity contribution is -0.157. The van der Waals surface area contributed by atoms with Gasteiger partial charge in [0.05, 0.1) is 7.11 Å². The number of thiocarbonyl (C=S) groups is 1. The Kier molecular flexibility index (Phi) is 9.87. The highest BCUT2D eigenvalue weighted by Gasteiger charge is 2.33. The Morgan fingerprint density at radius 2 is 1.39 bits per heavy atom. The zero-order valence-corrected chi connectivity index (χ0v) is 19.1. The van der Waals surface area contributed by atoms with Gasteiger partial charge in [0.15, 0.2) is 6.04 Å². The number of nitrogens with one attached hydrogen (secondary N) is 2. The van der Waals surface area contributed by atoms with Gasteiger partial charge < -0.3 is 24.8 Å². The van der Waals surface area contributed by atoms with E-state index in [4.69, 9.17) is 26.4 Å². The molecule has 0 rings (SSSR count). The van der Waals surface area contributed by atoms with Crippen LogP contribution in [0.25, 0.3) is 0 Å². The molecule has 2 atom stereocenters. The van der Waals surface area contributed by atoms with Crippen LogP contribution in [0.2, 0.25) is 0 Å². The molecule has 0 saturated heterocycles. The monoisotopic (exact) mass is 418 g/mol. The molecule has 0 aliphatic carbocycles. The maximum atomic E-state index is 12.5. The van der Waals surface area contributed by atoms with Crippen LogP contribution in [0.3, 0.4) is 0 Å². The number of hydrogen-bond donors (Lipinski definition) is 2. The minimum atomic E-state index is -1.30. The number of hydrogen-bond acceptors (Lipinski definition) is 7. The predicted octanol–water partition coefficient (Wildman–Crippen LogP) is 2.73. The maximum absolute atomic E-state index is 12.5. The first-order valence-corrected chi connectivity index (χ1v) is 9.57. The van der Waals surface area contributed by atoms with Crippen molar-refractivity contribution in [2.75, 3.05) is 7.11 Å². The Labute approximate surface area is 173 Å². The molecule has 0 aliphatic heterocycles. The summed E-state index contributed by atoms with van der Waals surface area (Å²) in [5, 5.41) is 5.22. The largest absolute Gasteiger partial charge is 0.467 e. The summed E-state index contributed by atoms with van der Waals surface area (Å²) in [7, 11) is 1.17.